The molecule has 0 spiro atoms. The number of phenolic OH excluding ortho intramolecular Hbond substituents is 1. The number of likely N-dealkylation sites (tertiary alicyclic amines) is 1. The summed E-state index contributed by atoms with van der Waals surface area (Å²) in [7, 11) is 1.65. The van der Waals surface area contributed by atoms with Crippen LogP contribution in [0.15, 0.2) is 73.2 Å². The third kappa shape index (κ3) is 11.6. The van der Waals surface area contributed by atoms with E-state index in [1.807, 2.05) is 31.2 Å². The molecule has 5 aromatic rings. The van der Waals surface area contributed by atoms with E-state index in [4.69, 9.17) is 28.8 Å². The number of hydrogen-bond donors (Lipinski definition) is 3. The summed E-state index contributed by atoms with van der Waals surface area (Å²) in [5.74, 6) is -2.22. The monoisotopic (exact) mass is 1060 g/mol. The smallest absolute Gasteiger partial charge is 0.410 e. The molecule has 6 atom stereocenters. The van der Waals surface area contributed by atoms with Crippen LogP contribution in [0.25, 0.3) is 33.3 Å². The van der Waals surface area contributed by atoms with Gasteiger partial charge in [0.15, 0.2) is 0 Å². The van der Waals surface area contributed by atoms with Gasteiger partial charge in [0, 0.05) is 61.2 Å². The van der Waals surface area contributed by atoms with Crippen molar-refractivity contribution in [3.8, 4) is 39.6 Å². The zero-order valence-corrected chi connectivity index (χ0v) is 45.8. The number of pyridine rings is 2. The highest BCUT2D eigenvalue weighted by Crippen LogP contribution is 2.44. The van der Waals surface area contributed by atoms with Crippen molar-refractivity contribution in [3.63, 3.8) is 0 Å². The van der Waals surface area contributed by atoms with Crippen LogP contribution in [0.3, 0.4) is 0 Å². The number of esters is 1. The van der Waals surface area contributed by atoms with Crippen molar-refractivity contribution in [2.24, 2.45) is 17.3 Å². The molecule has 0 saturated carbocycles. The molecule has 77 heavy (non-hydrogen) atoms. The summed E-state index contributed by atoms with van der Waals surface area (Å²) in [6.07, 6.45) is 5.67. The lowest BCUT2D eigenvalue weighted by molar-refractivity contribution is -0.230. The molecule has 3 fully saturated rings. The van der Waals surface area contributed by atoms with Crippen LogP contribution in [0, 0.1) is 17.3 Å². The van der Waals surface area contributed by atoms with Crippen LogP contribution < -0.4 is 15.5 Å². The van der Waals surface area contributed by atoms with E-state index in [0.29, 0.717) is 60.5 Å². The molecule has 4 aliphatic heterocycles. The number of nitrogens with one attached hydrogen (secondary N) is 2. The highest BCUT2D eigenvalue weighted by Gasteiger charge is 2.51. The quantitative estimate of drug-likeness (QED) is 0.113. The van der Waals surface area contributed by atoms with Crippen molar-refractivity contribution in [3.05, 3.63) is 90.0 Å². The van der Waals surface area contributed by atoms with Crippen LogP contribution in [0.4, 0.5) is 4.79 Å². The molecule has 4 aliphatic rings. The minimum atomic E-state index is -1.24. The van der Waals surface area contributed by atoms with Crippen LogP contribution in [-0.4, -0.2) is 128 Å². The Morgan fingerprint density at radius 3 is 2.48 bits per heavy atom. The lowest BCUT2D eigenvalue weighted by Gasteiger charge is -2.41. The van der Waals surface area contributed by atoms with E-state index >= 15 is 0 Å². The first-order valence-corrected chi connectivity index (χ1v) is 26.7. The summed E-state index contributed by atoms with van der Waals surface area (Å²) in [6, 6.07) is 13.0. The standard InChI is InChI=1S/C58H72N8O11/c1-11-63-47-17-16-36-26-42(47)44(51(63)43-27-40(30-60-49(43)34(4)73-10)76-39-14-12-19-59-29-39)28-58(8,9)32-74-55(71)45-15-13-20-65(62-45)54(70)46(24-35-22-37(36)25-38(67)23-35)61-52(68)50(33(2)3)66-53(69)41-18-21-64(48(41)31-75-66)56(72)77-57(5,6)7/h12,14,16-17,19,22-23,25-27,29-30,33-34,41,45-46,48,50,62,67H,11,13,15,18,20-21,24,28,31-32H2,1-10H3,(H,61,68)/t34-,41-,45-,46-,48+,50-/m0/s1. The van der Waals surface area contributed by atoms with Gasteiger partial charge >= 0.3 is 12.1 Å². The Kier molecular flexibility index (Phi) is 15.7. The van der Waals surface area contributed by atoms with Crippen LogP contribution in [0.2, 0.25) is 0 Å². The molecular formula is C58H72N8O11. The molecule has 4 amide bonds. The van der Waals surface area contributed by atoms with Crippen molar-refractivity contribution in [2.45, 2.75) is 137 Å². The van der Waals surface area contributed by atoms with Gasteiger partial charge in [-0.15, -0.1) is 0 Å². The second kappa shape index (κ2) is 22.1. The molecule has 19 nitrogen and oxygen atoms in total. The highest BCUT2D eigenvalue weighted by molar-refractivity contribution is 5.96. The fourth-order valence-corrected chi connectivity index (χ4v) is 11.1. The maximum Gasteiger partial charge on any atom is 0.410 e. The zero-order chi connectivity index (χ0) is 55.1. The number of carbonyl (C=O) groups is 5. The van der Waals surface area contributed by atoms with Gasteiger partial charge in [0.1, 0.15) is 41.0 Å². The number of aromatic nitrogens is 3. The van der Waals surface area contributed by atoms with Crippen molar-refractivity contribution >= 4 is 40.7 Å². The maximum atomic E-state index is 14.9. The summed E-state index contributed by atoms with van der Waals surface area (Å²) in [6.45, 7) is 18.2. The Morgan fingerprint density at radius 1 is 0.974 bits per heavy atom. The van der Waals surface area contributed by atoms with E-state index in [9.17, 15) is 29.1 Å². The second-order valence-corrected chi connectivity index (χ2v) is 22.8. The Morgan fingerprint density at radius 2 is 1.77 bits per heavy atom. The summed E-state index contributed by atoms with van der Waals surface area (Å²) in [5, 5.41) is 17.9. The van der Waals surface area contributed by atoms with Gasteiger partial charge in [0.2, 0.25) is 5.91 Å². The van der Waals surface area contributed by atoms with Gasteiger partial charge in [0.05, 0.1) is 55.1 Å². The van der Waals surface area contributed by atoms with Gasteiger partial charge in [-0.2, -0.15) is 0 Å². The topological polar surface area (TPSA) is 216 Å². The number of hydrogen-bond acceptors (Lipinski definition) is 14. The van der Waals surface area contributed by atoms with Crippen molar-refractivity contribution in [1.82, 2.24) is 40.2 Å². The Hall–Kier alpha value is -7.09. The molecule has 3 saturated heterocycles. The van der Waals surface area contributed by atoms with Crippen molar-refractivity contribution < 1.29 is 52.9 Å². The van der Waals surface area contributed by atoms with Crippen molar-refractivity contribution in [1.29, 1.82) is 0 Å². The number of hydroxylamine groups is 2. The molecular weight excluding hydrogens is 985 g/mol. The number of methoxy groups -OCH3 is 1. The maximum absolute atomic E-state index is 14.9. The number of fused-ring (bicyclic) bond motifs is 7. The Bertz CT molecular complexity index is 3040. The number of benzene rings is 2. The van der Waals surface area contributed by atoms with Crippen LogP contribution in [0.5, 0.6) is 17.2 Å². The van der Waals surface area contributed by atoms with Gasteiger partial charge in [0.25, 0.3) is 11.8 Å². The molecule has 0 radical (unpaired) electrons. The molecule has 7 heterocycles. The van der Waals surface area contributed by atoms with Crippen LogP contribution >= 0.6 is 0 Å². The number of aryl methyl sites for hydroxylation is 1. The number of phenols is 1. The first-order valence-electron chi connectivity index (χ1n) is 26.7. The second-order valence-electron chi connectivity index (χ2n) is 22.8. The van der Waals surface area contributed by atoms with E-state index in [-0.39, 0.29) is 38.5 Å². The van der Waals surface area contributed by atoms with E-state index < -0.39 is 82.9 Å². The Balaban J connectivity index is 1.11. The summed E-state index contributed by atoms with van der Waals surface area (Å²) >= 11 is 0. The lowest BCUT2D eigenvalue weighted by Crippen LogP contribution is -2.63. The number of hydrazine groups is 1. The predicted octanol–water partition coefficient (Wildman–Crippen LogP) is 8.06. The van der Waals surface area contributed by atoms with Crippen molar-refractivity contribution in [2.75, 3.05) is 33.4 Å². The molecule has 0 aliphatic carbocycles. The number of rotatable bonds is 10. The largest absolute Gasteiger partial charge is 0.508 e. The number of carbonyl (C=O) groups excluding carboxylic acids is 5. The summed E-state index contributed by atoms with van der Waals surface area (Å²) < 4.78 is 26.3. The van der Waals surface area contributed by atoms with Gasteiger partial charge in [-0.3, -0.25) is 39.0 Å². The van der Waals surface area contributed by atoms with Crippen LogP contribution in [-0.2, 0) is 57.6 Å². The van der Waals surface area contributed by atoms with E-state index in [0.717, 1.165) is 38.4 Å². The fourth-order valence-electron chi connectivity index (χ4n) is 11.1. The third-order valence-electron chi connectivity index (χ3n) is 14.8. The summed E-state index contributed by atoms with van der Waals surface area (Å²) in [4.78, 5) is 88.1. The number of ether oxygens (including phenoxy) is 4. The molecule has 2 aromatic carbocycles. The average molecular weight is 1060 g/mol. The molecule has 0 unspecified atom stereocenters. The van der Waals surface area contributed by atoms with Gasteiger partial charge in [-0.05, 0) is 131 Å². The number of amides is 4. The number of nitrogens with zero attached hydrogens (tertiary/aromatic N) is 6. The fraction of sp³-hybridized carbons (Fsp3) is 0.500. The van der Waals surface area contributed by atoms with E-state index in [1.54, 1.807) is 78.5 Å². The minimum Gasteiger partial charge on any atom is -0.508 e. The Labute approximate surface area is 449 Å². The van der Waals surface area contributed by atoms with E-state index in [1.165, 1.54) is 9.91 Å². The van der Waals surface area contributed by atoms with Gasteiger partial charge < -0.3 is 38.8 Å². The average Bonchev–Trinajstić information content (AvgIpc) is 4.02. The predicted molar refractivity (Wildman–Crippen MR) is 286 cm³/mol. The minimum absolute atomic E-state index is 0.0367. The molecule has 19 heteroatoms. The molecule has 3 N–H and O–H groups in total. The third-order valence-corrected chi connectivity index (χ3v) is 14.8. The van der Waals surface area contributed by atoms with Crippen LogP contribution in [0.1, 0.15) is 105 Å². The highest BCUT2D eigenvalue weighted by atomic mass is 16.7. The number of aromatic hydroxyl groups is 1. The zero-order valence-electron chi connectivity index (χ0n) is 45.8. The van der Waals surface area contributed by atoms with Gasteiger partial charge in [-0.1, -0.05) is 39.8 Å². The first kappa shape index (κ1) is 54.7. The molecule has 9 rings (SSSR count). The molecule has 3 aromatic heterocycles. The lowest BCUT2D eigenvalue weighted by atomic mass is 9.84. The summed E-state index contributed by atoms with van der Waals surface area (Å²) in [5.41, 5.74) is 8.07. The number of cyclic esters (lactones) is 1. The normalized spacial score (nSPS) is 21.8. The molecule has 6 bridgehead atoms. The first-order chi connectivity index (χ1) is 36.6. The SMILES string of the molecule is CCn1c(-c2cc(Oc3cccnc3)cnc2[C@H](C)OC)c2c3cc(ccc31)-c1cc(O)cc(c1)C[C@H](NC(=O)[C@H](C(C)C)N1OC[C@@H]3[C@H](CCN3C(=O)OC(C)(C)C)C1=O)C(=O)N1CCC[C@H](N1)C(=O)OCC(C)(C)C2. The molecule has 410 valence electrons. The van der Waals surface area contributed by atoms with E-state index in [2.05, 4.69) is 53.2 Å². The van der Waals surface area contributed by atoms with Gasteiger partial charge in [-0.25, -0.2) is 15.3 Å².